The number of likely N-dealkylation sites (tertiary alicyclic amines) is 1. The fourth-order valence-corrected chi connectivity index (χ4v) is 2.33. The molecule has 6 heteroatoms. The quantitative estimate of drug-likeness (QED) is 0.935. The zero-order chi connectivity index (χ0) is 13.9. The molecular weight excluding hydrogens is 320 g/mol. The third kappa shape index (κ3) is 2.80. The number of benzene rings is 1. The minimum atomic E-state index is 0.0598. The topological polar surface area (TPSA) is 58.1 Å². The molecule has 5 nitrogen and oxygen atoms in total. The van der Waals surface area contributed by atoms with Crippen molar-refractivity contribution >= 4 is 27.8 Å². The van der Waals surface area contributed by atoms with Gasteiger partial charge in [-0.05, 0) is 30.3 Å². The van der Waals surface area contributed by atoms with Crippen LogP contribution in [0.1, 0.15) is 10.4 Å². The van der Waals surface area contributed by atoms with Gasteiger partial charge in [-0.25, -0.2) is 9.97 Å². The smallest absolute Gasteiger partial charge is 0.253 e. The highest BCUT2D eigenvalue weighted by atomic mass is 79.9. The highest BCUT2D eigenvalue weighted by Gasteiger charge is 2.31. The van der Waals surface area contributed by atoms with Gasteiger partial charge in [0.1, 0.15) is 0 Å². The summed E-state index contributed by atoms with van der Waals surface area (Å²) in [5.41, 5.74) is 0.711. The zero-order valence-corrected chi connectivity index (χ0v) is 12.2. The Morgan fingerprint density at radius 1 is 1.20 bits per heavy atom. The third-order valence-electron chi connectivity index (χ3n) is 3.16. The molecule has 2 aromatic rings. The van der Waals surface area contributed by atoms with Crippen LogP contribution in [0.3, 0.4) is 0 Å². The van der Waals surface area contributed by atoms with Crippen molar-refractivity contribution in [3.8, 4) is 0 Å². The summed E-state index contributed by atoms with van der Waals surface area (Å²) in [5.74, 6) is 0.665. The lowest BCUT2D eigenvalue weighted by atomic mass is 10.1. The van der Waals surface area contributed by atoms with Crippen LogP contribution in [-0.2, 0) is 0 Å². The average Bonchev–Trinajstić information content (AvgIpc) is 2.44. The Labute approximate surface area is 125 Å². The van der Waals surface area contributed by atoms with E-state index in [-0.39, 0.29) is 11.9 Å². The van der Waals surface area contributed by atoms with Crippen LogP contribution in [0.25, 0.3) is 0 Å². The molecule has 1 amide bonds. The maximum atomic E-state index is 12.2. The van der Waals surface area contributed by atoms with Crippen molar-refractivity contribution in [1.29, 1.82) is 0 Å². The number of amides is 1. The minimum Gasteiger partial charge on any atom is -0.348 e. The van der Waals surface area contributed by atoms with Crippen LogP contribution >= 0.6 is 15.9 Å². The molecule has 0 spiro atoms. The SMILES string of the molecule is O=C(c1ccc(Br)cc1)N1CC(Nc2ncccn2)C1. The molecule has 102 valence electrons. The fourth-order valence-electron chi connectivity index (χ4n) is 2.07. The molecule has 0 radical (unpaired) electrons. The van der Waals surface area contributed by atoms with Gasteiger partial charge in [-0.1, -0.05) is 15.9 Å². The number of nitrogens with one attached hydrogen (secondary N) is 1. The Morgan fingerprint density at radius 2 is 1.85 bits per heavy atom. The molecule has 3 rings (SSSR count). The summed E-state index contributed by atoms with van der Waals surface area (Å²) in [5, 5.41) is 3.20. The number of hydrogen-bond acceptors (Lipinski definition) is 4. The van der Waals surface area contributed by atoms with Crippen molar-refractivity contribution in [2.24, 2.45) is 0 Å². The lowest BCUT2D eigenvalue weighted by molar-refractivity contribution is 0.0624. The maximum absolute atomic E-state index is 12.2. The predicted octanol–water partition coefficient (Wildman–Crippen LogP) is 2.18. The number of carbonyl (C=O) groups excluding carboxylic acids is 1. The van der Waals surface area contributed by atoms with Crippen LogP contribution in [0.2, 0.25) is 0 Å². The monoisotopic (exact) mass is 332 g/mol. The first-order valence-electron chi connectivity index (χ1n) is 6.31. The summed E-state index contributed by atoms with van der Waals surface area (Å²) in [6.07, 6.45) is 3.39. The average molecular weight is 333 g/mol. The van der Waals surface area contributed by atoms with Crippen LogP contribution in [0.5, 0.6) is 0 Å². The molecule has 0 aliphatic carbocycles. The molecule has 1 aliphatic heterocycles. The Morgan fingerprint density at radius 3 is 2.50 bits per heavy atom. The zero-order valence-electron chi connectivity index (χ0n) is 10.7. The third-order valence-corrected chi connectivity index (χ3v) is 3.69. The van der Waals surface area contributed by atoms with Gasteiger partial charge in [0.05, 0.1) is 6.04 Å². The Balaban J connectivity index is 1.55. The van der Waals surface area contributed by atoms with E-state index < -0.39 is 0 Å². The second kappa shape index (κ2) is 5.58. The molecule has 0 saturated carbocycles. The van der Waals surface area contributed by atoms with Crippen LogP contribution in [0, 0.1) is 0 Å². The van der Waals surface area contributed by atoms with Crippen molar-refractivity contribution in [2.45, 2.75) is 6.04 Å². The fraction of sp³-hybridized carbons (Fsp3) is 0.214. The van der Waals surface area contributed by atoms with E-state index in [1.807, 2.05) is 29.2 Å². The molecule has 20 heavy (non-hydrogen) atoms. The lowest BCUT2D eigenvalue weighted by Crippen LogP contribution is -2.57. The molecule has 0 unspecified atom stereocenters. The van der Waals surface area contributed by atoms with Crippen molar-refractivity contribution < 1.29 is 4.79 Å². The lowest BCUT2D eigenvalue weighted by Gasteiger charge is -2.39. The van der Waals surface area contributed by atoms with Gasteiger partial charge >= 0.3 is 0 Å². The Bertz CT molecular complexity index is 596. The first-order chi connectivity index (χ1) is 9.72. The molecule has 0 atom stereocenters. The molecule has 1 aromatic carbocycles. The normalized spacial score (nSPS) is 14.8. The first kappa shape index (κ1) is 13.1. The van der Waals surface area contributed by atoms with Crippen LogP contribution in [-0.4, -0.2) is 39.9 Å². The molecule has 1 N–H and O–H groups in total. The molecule has 0 bridgehead atoms. The number of halogens is 1. The Hall–Kier alpha value is -1.95. The highest BCUT2D eigenvalue weighted by molar-refractivity contribution is 9.10. The standard InChI is InChI=1S/C14H13BrN4O/c15-11-4-2-10(3-5-11)13(20)19-8-12(9-19)18-14-16-6-1-7-17-14/h1-7,12H,8-9H2,(H,16,17,18). The number of aromatic nitrogens is 2. The van der Waals surface area contributed by atoms with E-state index in [1.54, 1.807) is 18.5 Å². The van der Waals surface area contributed by atoms with Crippen LogP contribution in [0.15, 0.2) is 47.2 Å². The maximum Gasteiger partial charge on any atom is 0.253 e. The van der Waals surface area contributed by atoms with E-state index in [0.29, 0.717) is 24.6 Å². The molecule has 1 saturated heterocycles. The van der Waals surface area contributed by atoms with Gasteiger partial charge in [-0.3, -0.25) is 4.79 Å². The number of hydrogen-bond donors (Lipinski definition) is 1. The molecule has 1 fully saturated rings. The summed E-state index contributed by atoms with van der Waals surface area (Å²) in [6, 6.07) is 9.40. The van der Waals surface area contributed by atoms with Crippen molar-refractivity contribution in [1.82, 2.24) is 14.9 Å². The van der Waals surface area contributed by atoms with Gasteiger partial charge in [-0.15, -0.1) is 0 Å². The summed E-state index contributed by atoms with van der Waals surface area (Å²) in [6.45, 7) is 1.35. The molecular formula is C14H13BrN4O. The van der Waals surface area contributed by atoms with E-state index in [2.05, 4.69) is 31.2 Å². The highest BCUT2D eigenvalue weighted by Crippen LogP contribution is 2.17. The molecule has 1 aromatic heterocycles. The Kier molecular flexibility index (Phi) is 3.64. The summed E-state index contributed by atoms with van der Waals surface area (Å²) < 4.78 is 0.971. The predicted molar refractivity (Wildman–Crippen MR) is 79.5 cm³/mol. The van der Waals surface area contributed by atoms with Gasteiger partial charge in [-0.2, -0.15) is 0 Å². The van der Waals surface area contributed by atoms with E-state index in [4.69, 9.17) is 0 Å². The number of anilines is 1. The summed E-state index contributed by atoms with van der Waals surface area (Å²) in [7, 11) is 0. The van der Waals surface area contributed by atoms with Crippen LogP contribution < -0.4 is 5.32 Å². The van der Waals surface area contributed by atoms with Gasteiger partial charge in [0.2, 0.25) is 5.95 Å². The molecule has 1 aliphatic rings. The van der Waals surface area contributed by atoms with Gasteiger partial charge in [0.15, 0.2) is 0 Å². The first-order valence-corrected chi connectivity index (χ1v) is 7.10. The second-order valence-electron chi connectivity index (χ2n) is 4.63. The van der Waals surface area contributed by atoms with E-state index in [9.17, 15) is 4.79 Å². The van der Waals surface area contributed by atoms with E-state index >= 15 is 0 Å². The van der Waals surface area contributed by atoms with Crippen molar-refractivity contribution in [3.63, 3.8) is 0 Å². The molecule has 2 heterocycles. The van der Waals surface area contributed by atoms with Gasteiger partial charge in [0, 0.05) is 35.5 Å². The largest absolute Gasteiger partial charge is 0.348 e. The van der Waals surface area contributed by atoms with Crippen LogP contribution in [0.4, 0.5) is 5.95 Å². The summed E-state index contributed by atoms with van der Waals surface area (Å²) in [4.78, 5) is 22.2. The number of nitrogens with zero attached hydrogens (tertiary/aromatic N) is 3. The van der Waals surface area contributed by atoms with Gasteiger partial charge in [0.25, 0.3) is 5.91 Å². The summed E-state index contributed by atoms with van der Waals surface area (Å²) >= 11 is 3.36. The van der Waals surface area contributed by atoms with E-state index in [1.165, 1.54) is 0 Å². The second-order valence-corrected chi connectivity index (χ2v) is 5.55. The number of rotatable bonds is 3. The van der Waals surface area contributed by atoms with Crippen molar-refractivity contribution in [2.75, 3.05) is 18.4 Å². The van der Waals surface area contributed by atoms with Gasteiger partial charge < -0.3 is 10.2 Å². The van der Waals surface area contributed by atoms with Crippen molar-refractivity contribution in [3.05, 3.63) is 52.8 Å². The van der Waals surface area contributed by atoms with E-state index in [0.717, 1.165) is 4.47 Å². The minimum absolute atomic E-state index is 0.0598. The number of carbonyl (C=O) groups is 1.